The summed E-state index contributed by atoms with van der Waals surface area (Å²) in [6.07, 6.45) is 1.64. The second-order valence-corrected chi connectivity index (χ2v) is 0.612. The zero-order chi connectivity index (χ0) is 4.83. The number of hydrogen-bond acceptors (Lipinski definition) is 1. The summed E-state index contributed by atoms with van der Waals surface area (Å²) in [6, 6.07) is 0. The Morgan fingerprint density at radius 3 is 2.17 bits per heavy atom. The zero-order valence-corrected chi connectivity index (χ0v) is 3.45. The highest BCUT2D eigenvalue weighted by Crippen LogP contribution is 1.45. The first-order chi connectivity index (χ1) is 2.91. The van der Waals surface area contributed by atoms with Crippen LogP contribution in [-0.2, 0) is 0 Å². The summed E-state index contributed by atoms with van der Waals surface area (Å²) in [5, 5.41) is 7.73. The van der Waals surface area contributed by atoms with Crippen LogP contribution in [0.2, 0.25) is 0 Å². The molecule has 6 heavy (non-hydrogen) atoms. The van der Waals surface area contributed by atoms with Gasteiger partial charge < -0.3 is 5.11 Å². The van der Waals surface area contributed by atoms with Crippen LogP contribution in [0.3, 0.4) is 0 Å². The van der Waals surface area contributed by atoms with E-state index >= 15 is 0 Å². The van der Waals surface area contributed by atoms with Gasteiger partial charge in [0.15, 0.2) is 0 Å². The van der Waals surface area contributed by atoms with Gasteiger partial charge in [-0.25, -0.2) is 0 Å². The van der Waals surface area contributed by atoms with Crippen molar-refractivity contribution in [3.8, 4) is 23.9 Å². The molecule has 0 spiro atoms. The molecule has 0 aliphatic rings. The third-order valence-electron chi connectivity index (χ3n) is 0.243. The number of rotatable bonds is 0. The number of aliphatic hydroxyl groups is 1. The SMILES string of the molecule is CC#CC#CO. The molecule has 0 atom stereocenters. The first-order valence-electron chi connectivity index (χ1n) is 1.47. The summed E-state index contributed by atoms with van der Waals surface area (Å²) in [6.45, 7) is 1.66. The molecular formula is C5H4O. The van der Waals surface area contributed by atoms with Gasteiger partial charge in [0.1, 0.15) is 6.11 Å². The molecule has 0 aromatic carbocycles. The largest absolute Gasteiger partial charge is 0.461 e. The minimum atomic E-state index is 1.64. The van der Waals surface area contributed by atoms with Crippen molar-refractivity contribution in [2.24, 2.45) is 0 Å². The van der Waals surface area contributed by atoms with Crippen LogP contribution in [0.4, 0.5) is 0 Å². The van der Waals surface area contributed by atoms with Gasteiger partial charge in [0.05, 0.1) is 0 Å². The smallest absolute Gasteiger partial charge is 0.122 e. The molecule has 0 amide bonds. The molecule has 0 saturated carbocycles. The lowest BCUT2D eigenvalue weighted by Crippen LogP contribution is -1.47. The van der Waals surface area contributed by atoms with Crippen LogP contribution in [0.15, 0.2) is 0 Å². The molecule has 0 rings (SSSR count). The van der Waals surface area contributed by atoms with E-state index in [0.717, 1.165) is 0 Å². The van der Waals surface area contributed by atoms with E-state index in [0.29, 0.717) is 0 Å². The second-order valence-electron chi connectivity index (χ2n) is 0.612. The standard InChI is InChI=1S/C5H4O/c1-2-3-4-5-6/h6H,1H3. The molecule has 0 bridgehead atoms. The Kier molecular flexibility index (Phi) is 3.21. The van der Waals surface area contributed by atoms with E-state index in [1.54, 1.807) is 13.0 Å². The third kappa shape index (κ3) is 2.92. The minimum absolute atomic E-state index is 1.64. The van der Waals surface area contributed by atoms with Gasteiger partial charge in [0, 0.05) is 5.92 Å². The second kappa shape index (κ2) is 3.92. The molecule has 0 unspecified atom stereocenters. The minimum Gasteiger partial charge on any atom is -0.461 e. The van der Waals surface area contributed by atoms with E-state index in [9.17, 15) is 0 Å². The molecule has 0 aromatic rings. The average molecular weight is 80.1 g/mol. The number of aliphatic hydroxyl groups excluding tert-OH is 1. The van der Waals surface area contributed by atoms with E-state index in [4.69, 9.17) is 5.11 Å². The van der Waals surface area contributed by atoms with Crippen LogP contribution in [0.25, 0.3) is 0 Å². The molecule has 1 nitrogen and oxygen atoms in total. The Bertz CT molecular complexity index is 107. The lowest BCUT2D eigenvalue weighted by molar-refractivity contribution is 0.517. The molecule has 0 fully saturated rings. The Hall–Kier alpha value is -1.08. The van der Waals surface area contributed by atoms with Crippen molar-refractivity contribution in [3.63, 3.8) is 0 Å². The summed E-state index contributed by atoms with van der Waals surface area (Å²) in [7, 11) is 0. The molecule has 1 N–H and O–H groups in total. The Labute approximate surface area is 37.0 Å². The highest BCUT2D eigenvalue weighted by atomic mass is 16.2. The quantitative estimate of drug-likeness (QED) is 0.416. The van der Waals surface area contributed by atoms with Gasteiger partial charge >= 0.3 is 0 Å². The monoisotopic (exact) mass is 80.0 g/mol. The van der Waals surface area contributed by atoms with Gasteiger partial charge in [0.25, 0.3) is 0 Å². The number of hydrogen-bond donors (Lipinski definition) is 1. The molecule has 0 heterocycles. The average Bonchev–Trinajstić information content (AvgIpc) is 1.61. The lowest BCUT2D eigenvalue weighted by Gasteiger charge is -1.49. The van der Waals surface area contributed by atoms with Gasteiger partial charge in [0.2, 0.25) is 0 Å². The fourth-order valence-electron chi connectivity index (χ4n) is 0.0905. The summed E-state index contributed by atoms with van der Waals surface area (Å²) in [4.78, 5) is 0. The van der Waals surface area contributed by atoms with Crippen molar-refractivity contribution in [1.29, 1.82) is 0 Å². The highest BCUT2D eigenvalue weighted by Gasteiger charge is 1.43. The maximum atomic E-state index is 7.73. The summed E-state index contributed by atoms with van der Waals surface area (Å²) >= 11 is 0. The maximum Gasteiger partial charge on any atom is 0.122 e. The fourth-order valence-corrected chi connectivity index (χ4v) is 0.0905. The van der Waals surface area contributed by atoms with Crippen molar-refractivity contribution in [3.05, 3.63) is 0 Å². The summed E-state index contributed by atoms with van der Waals surface area (Å²) in [5.41, 5.74) is 0. The van der Waals surface area contributed by atoms with Gasteiger partial charge in [-0.15, -0.1) is 0 Å². The third-order valence-corrected chi connectivity index (χ3v) is 0.243. The Morgan fingerprint density at radius 1 is 1.33 bits per heavy atom. The fraction of sp³-hybridized carbons (Fsp3) is 0.200. The van der Waals surface area contributed by atoms with E-state index < -0.39 is 0 Å². The van der Waals surface area contributed by atoms with Crippen LogP contribution in [0.5, 0.6) is 0 Å². The molecule has 0 aliphatic heterocycles. The van der Waals surface area contributed by atoms with E-state index in [1.165, 1.54) is 0 Å². The molecular weight excluding hydrogens is 76.1 g/mol. The van der Waals surface area contributed by atoms with Crippen LogP contribution in [0, 0.1) is 23.9 Å². The lowest BCUT2D eigenvalue weighted by atomic mass is 10.6. The molecule has 1 heteroatoms. The van der Waals surface area contributed by atoms with Gasteiger partial charge in [-0.05, 0) is 12.8 Å². The first-order valence-corrected chi connectivity index (χ1v) is 1.47. The Morgan fingerprint density at radius 2 is 2.00 bits per heavy atom. The van der Waals surface area contributed by atoms with Crippen molar-refractivity contribution in [1.82, 2.24) is 0 Å². The maximum absolute atomic E-state index is 7.73. The summed E-state index contributed by atoms with van der Waals surface area (Å²) in [5.74, 6) is 6.96. The predicted molar refractivity (Wildman–Crippen MR) is 23.2 cm³/mol. The zero-order valence-electron chi connectivity index (χ0n) is 3.45. The molecule has 0 radical (unpaired) electrons. The summed E-state index contributed by atoms with van der Waals surface area (Å²) < 4.78 is 0. The van der Waals surface area contributed by atoms with Crippen LogP contribution >= 0.6 is 0 Å². The van der Waals surface area contributed by atoms with Gasteiger partial charge in [-0.1, -0.05) is 5.92 Å². The Balaban J connectivity index is 3.43. The van der Waals surface area contributed by atoms with Crippen LogP contribution in [-0.4, -0.2) is 5.11 Å². The van der Waals surface area contributed by atoms with Crippen molar-refractivity contribution in [2.75, 3.05) is 0 Å². The predicted octanol–water partition coefficient (Wildman–Crippen LogP) is 0.343. The highest BCUT2D eigenvalue weighted by molar-refractivity contribution is 5.22. The normalized spacial score (nSPS) is 3.50. The van der Waals surface area contributed by atoms with Gasteiger partial charge in [-0.2, -0.15) is 0 Å². The van der Waals surface area contributed by atoms with E-state index in [-0.39, 0.29) is 0 Å². The molecule has 0 aliphatic carbocycles. The van der Waals surface area contributed by atoms with Crippen LogP contribution < -0.4 is 0 Å². The van der Waals surface area contributed by atoms with Crippen molar-refractivity contribution < 1.29 is 5.11 Å². The molecule has 0 aromatic heterocycles. The van der Waals surface area contributed by atoms with Crippen molar-refractivity contribution in [2.45, 2.75) is 6.92 Å². The van der Waals surface area contributed by atoms with Gasteiger partial charge in [-0.3, -0.25) is 0 Å². The van der Waals surface area contributed by atoms with Crippen LogP contribution in [0.1, 0.15) is 6.92 Å². The first kappa shape index (κ1) is 4.92. The van der Waals surface area contributed by atoms with E-state index in [1.807, 2.05) is 0 Å². The van der Waals surface area contributed by atoms with E-state index in [2.05, 4.69) is 17.8 Å². The van der Waals surface area contributed by atoms with Crippen molar-refractivity contribution >= 4 is 0 Å². The topological polar surface area (TPSA) is 20.2 Å². The molecule has 30 valence electrons. The molecule has 0 saturated heterocycles.